The zero-order valence-electron chi connectivity index (χ0n) is 16.4. The quantitative estimate of drug-likeness (QED) is 0.560. The Balaban J connectivity index is 1.61. The molecule has 1 fully saturated rings. The average Bonchev–Trinajstić information content (AvgIpc) is 2.74. The molecule has 29 heavy (non-hydrogen) atoms. The number of phenolic OH excluding ortho intramolecular Hbond substituents is 1. The summed E-state index contributed by atoms with van der Waals surface area (Å²) in [4.78, 5) is 4.70. The van der Waals surface area contributed by atoms with Gasteiger partial charge in [-0.25, -0.2) is 0 Å². The van der Waals surface area contributed by atoms with Crippen molar-refractivity contribution < 1.29 is 5.11 Å². The molecule has 3 aromatic carbocycles. The predicted molar refractivity (Wildman–Crippen MR) is 121 cm³/mol. The maximum Gasteiger partial charge on any atom is 0.120 e. The summed E-state index contributed by atoms with van der Waals surface area (Å²) in [6.07, 6.45) is 0. The molecule has 1 unspecified atom stereocenters. The van der Waals surface area contributed by atoms with Crippen molar-refractivity contribution in [3.8, 4) is 5.75 Å². The van der Waals surface area contributed by atoms with Crippen LogP contribution in [0.2, 0.25) is 10.0 Å². The lowest BCUT2D eigenvalue weighted by Crippen LogP contribution is -2.48. The van der Waals surface area contributed by atoms with E-state index in [4.69, 9.17) is 23.2 Å². The lowest BCUT2D eigenvalue weighted by molar-refractivity contribution is 0.209. The van der Waals surface area contributed by atoms with E-state index in [2.05, 4.69) is 41.0 Å². The molecule has 3 aromatic rings. The van der Waals surface area contributed by atoms with E-state index in [0.717, 1.165) is 37.4 Å². The highest BCUT2D eigenvalue weighted by Crippen LogP contribution is 2.37. The number of anilines is 1. The van der Waals surface area contributed by atoms with Gasteiger partial charge >= 0.3 is 0 Å². The lowest BCUT2D eigenvalue weighted by Gasteiger charge is -2.41. The molecule has 0 aromatic heterocycles. The van der Waals surface area contributed by atoms with E-state index in [1.165, 1.54) is 11.1 Å². The van der Waals surface area contributed by atoms with E-state index >= 15 is 0 Å². The van der Waals surface area contributed by atoms with Gasteiger partial charge < -0.3 is 10.0 Å². The van der Waals surface area contributed by atoms with Crippen LogP contribution in [-0.2, 0) is 0 Å². The Morgan fingerprint density at radius 3 is 2.21 bits per heavy atom. The molecule has 0 radical (unpaired) electrons. The molecule has 1 atom stereocenters. The predicted octanol–water partition coefficient (Wildman–Crippen LogP) is 5.92. The Morgan fingerprint density at radius 1 is 0.828 bits per heavy atom. The minimum Gasteiger partial charge on any atom is -0.508 e. The molecule has 1 aliphatic rings. The summed E-state index contributed by atoms with van der Waals surface area (Å²) in [5.74, 6) is 0.332. The van der Waals surface area contributed by atoms with Gasteiger partial charge in [-0.1, -0.05) is 77.3 Å². The van der Waals surface area contributed by atoms with E-state index in [1.54, 1.807) is 6.07 Å². The van der Waals surface area contributed by atoms with Crippen molar-refractivity contribution in [2.24, 2.45) is 0 Å². The maximum absolute atomic E-state index is 10.6. The number of para-hydroxylation sites is 1. The van der Waals surface area contributed by atoms with Crippen LogP contribution in [0.1, 0.15) is 22.7 Å². The van der Waals surface area contributed by atoms with Crippen LogP contribution in [-0.4, -0.2) is 36.2 Å². The number of piperazine rings is 1. The van der Waals surface area contributed by atoms with Crippen molar-refractivity contribution in [2.45, 2.75) is 13.0 Å². The van der Waals surface area contributed by atoms with Crippen molar-refractivity contribution in [3.63, 3.8) is 0 Å². The highest BCUT2D eigenvalue weighted by molar-refractivity contribution is 6.43. The van der Waals surface area contributed by atoms with Crippen LogP contribution in [0.3, 0.4) is 0 Å². The number of phenols is 1. The Morgan fingerprint density at radius 2 is 1.52 bits per heavy atom. The molecule has 5 heteroatoms. The van der Waals surface area contributed by atoms with Crippen molar-refractivity contribution in [1.29, 1.82) is 0 Å². The molecule has 0 saturated carbocycles. The van der Waals surface area contributed by atoms with Gasteiger partial charge in [0.25, 0.3) is 0 Å². The molecule has 1 N–H and O–H groups in total. The molecule has 3 nitrogen and oxygen atoms in total. The number of benzene rings is 3. The largest absolute Gasteiger partial charge is 0.508 e. The molecule has 1 aliphatic heterocycles. The molecule has 0 amide bonds. The van der Waals surface area contributed by atoms with Crippen molar-refractivity contribution in [1.82, 2.24) is 4.90 Å². The third kappa shape index (κ3) is 4.23. The first-order valence-electron chi connectivity index (χ1n) is 9.82. The molecular weight excluding hydrogens is 403 g/mol. The first-order chi connectivity index (χ1) is 14.0. The Hall–Kier alpha value is -2.20. The van der Waals surface area contributed by atoms with E-state index in [1.807, 2.05) is 36.4 Å². The Kier molecular flexibility index (Phi) is 6.00. The maximum atomic E-state index is 10.6. The molecule has 0 spiro atoms. The Bertz CT molecular complexity index is 982. The normalized spacial score (nSPS) is 16.0. The van der Waals surface area contributed by atoms with Crippen LogP contribution < -0.4 is 4.90 Å². The van der Waals surface area contributed by atoms with E-state index in [9.17, 15) is 5.11 Å². The number of rotatable bonds is 4. The topological polar surface area (TPSA) is 26.7 Å². The second-order valence-electron chi connectivity index (χ2n) is 7.47. The van der Waals surface area contributed by atoms with E-state index < -0.39 is 0 Å². The van der Waals surface area contributed by atoms with Crippen LogP contribution in [0.25, 0.3) is 0 Å². The number of halogens is 2. The molecule has 1 heterocycles. The summed E-state index contributed by atoms with van der Waals surface area (Å²) >= 11 is 12.6. The summed E-state index contributed by atoms with van der Waals surface area (Å²) in [5, 5.41) is 11.7. The number of aryl methyl sites for hydroxylation is 1. The highest BCUT2D eigenvalue weighted by atomic mass is 35.5. The van der Waals surface area contributed by atoms with Gasteiger partial charge in [0.2, 0.25) is 0 Å². The van der Waals surface area contributed by atoms with Crippen molar-refractivity contribution in [2.75, 3.05) is 31.1 Å². The zero-order valence-corrected chi connectivity index (χ0v) is 17.9. The van der Waals surface area contributed by atoms with Gasteiger partial charge in [0, 0.05) is 31.7 Å². The number of aromatic hydroxyl groups is 1. The molecule has 1 saturated heterocycles. The number of hydrogen-bond acceptors (Lipinski definition) is 3. The SMILES string of the molecule is Cc1ccc(C(c2ccccc2O)N2CCN(c3cccc(Cl)c3Cl)CC2)cc1. The fraction of sp³-hybridized carbons (Fsp3) is 0.250. The number of nitrogens with zero attached hydrogens (tertiary/aromatic N) is 2. The minimum absolute atomic E-state index is 0.00813. The molecule has 0 aliphatic carbocycles. The summed E-state index contributed by atoms with van der Waals surface area (Å²) in [7, 11) is 0. The summed E-state index contributed by atoms with van der Waals surface area (Å²) in [6.45, 7) is 5.49. The lowest BCUT2D eigenvalue weighted by atomic mass is 9.95. The zero-order chi connectivity index (χ0) is 20.4. The molecular formula is C24H24Cl2N2O. The third-order valence-corrected chi connectivity index (χ3v) is 6.38. The molecule has 0 bridgehead atoms. The van der Waals surface area contributed by atoms with E-state index in [0.29, 0.717) is 15.8 Å². The summed E-state index contributed by atoms with van der Waals surface area (Å²) in [6, 6.07) is 22.0. The highest BCUT2D eigenvalue weighted by Gasteiger charge is 2.28. The summed E-state index contributed by atoms with van der Waals surface area (Å²) in [5.41, 5.74) is 4.33. The smallest absolute Gasteiger partial charge is 0.120 e. The van der Waals surface area contributed by atoms with Crippen LogP contribution >= 0.6 is 23.2 Å². The average molecular weight is 427 g/mol. The number of hydrogen-bond donors (Lipinski definition) is 1. The monoisotopic (exact) mass is 426 g/mol. The van der Waals surface area contributed by atoms with Gasteiger partial charge in [-0.15, -0.1) is 0 Å². The molecule has 4 rings (SSSR count). The molecule has 150 valence electrons. The van der Waals surface area contributed by atoms with Gasteiger partial charge in [-0.05, 0) is 30.7 Å². The van der Waals surface area contributed by atoms with Gasteiger partial charge in [0.1, 0.15) is 5.75 Å². The van der Waals surface area contributed by atoms with Gasteiger partial charge in [-0.3, -0.25) is 4.90 Å². The second kappa shape index (κ2) is 8.66. The first-order valence-corrected chi connectivity index (χ1v) is 10.6. The van der Waals surface area contributed by atoms with Crippen LogP contribution in [0, 0.1) is 6.92 Å². The van der Waals surface area contributed by atoms with Crippen LogP contribution in [0.5, 0.6) is 5.75 Å². The standard InChI is InChI=1S/C24H24Cl2N2O/c1-17-9-11-18(12-10-17)24(19-5-2-3-8-22(19)29)28-15-13-27(14-16-28)21-7-4-6-20(25)23(21)26/h2-12,24,29H,13-16H2,1H3. The fourth-order valence-electron chi connectivity index (χ4n) is 4.01. The van der Waals surface area contributed by atoms with Crippen molar-refractivity contribution in [3.05, 3.63) is 93.5 Å². The summed E-state index contributed by atoms with van der Waals surface area (Å²) < 4.78 is 0. The van der Waals surface area contributed by atoms with Gasteiger partial charge in [-0.2, -0.15) is 0 Å². The van der Waals surface area contributed by atoms with Crippen LogP contribution in [0.15, 0.2) is 66.7 Å². The van der Waals surface area contributed by atoms with Gasteiger partial charge in [0.05, 0.1) is 21.8 Å². The fourth-order valence-corrected chi connectivity index (χ4v) is 4.43. The van der Waals surface area contributed by atoms with Crippen molar-refractivity contribution >= 4 is 28.9 Å². The van der Waals surface area contributed by atoms with Gasteiger partial charge in [0.15, 0.2) is 0 Å². The van der Waals surface area contributed by atoms with E-state index in [-0.39, 0.29) is 6.04 Å². The minimum atomic E-state index is 0.00813. The second-order valence-corrected chi connectivity index (χ2v) is 8.25. The van der Waals surface area contributed by atoms with Crippen LogP contribution in [0.4, 0.5) is 5.69 Å². The Labute approximate surface area is 182 Å². The first kappa shape index (κ1) is 20.1. The third-order valence-electron chi connectivity index (χ3n) is 5.58.